The number of carbonyl (C=O) groups excluding carboxylic acids is 2. The van der Waals surface area contributed by atoms with Gasteiger partial charge >= 0.3 is 0 Å². The first kappa shape index (κ1) is 20.4. The van der Waals surface area contributed by atoms with Crippen LogP contribution in [0.3, 0.4) is 0 Å². The molecule has 1 aromatic carbocycles. The second kappa shape index (κ2) is 10.3. The molecule has 0 saturated carbocycles. The molecular weight excluding hydrogens is 330 g/mol. The second-order valence-electron chi connectivity index (χ2n) is 5.76. The van der Waals surface area contributed by atoms with Gasteiger partial charge in [0.05, 0.1) is 19.1 Å². The quantitative estimate of drug-likeness (QED) is 0.800. The van der Waals surface area contributed by atoms with E-state index in [4.69, 9.17) is 10.5 Å². The Kier molecular flexibility index (Phi) is 8.74. The molecule has 1 aliphatic heterocycles. The molecule has 1 aliphatic rings. The number of ether oxygens (including phenoxy) is 1. The Morgan fingerprint density at radius 3 is 2.50 bits per heavy atom. The van der Waals surface area contributed by atoms with E-state index in [9.17, 15) is 9.59 Å². The molecule has 0 radical (unpaired) electrons. The molecule has 24 heavy (non-hydrogen) atoms. The Bertz CT molecular complexity index is 521. The number of rotatable bonds is 6. The SMILES string of the molecule is CC(C(=O)NCCC(=O)N1CCOCC1)C(N)c1ccccc1.Cl. The van der Waals surface area contributed by atoms with Crippen molar-refractivity contribution in [3.8, 4) is 0 Å². The summed E-state index contributed by atoms with van der Waals surface area (Å²) in [5.74, 6) is -0.430. The molecule has 1 saturated heterocycles. The minimum Gasteiger partial charge on any atom is -0.378 e. The highest BCUT2D eigenvalue weighted by molar-refractivity contribution is 5.85. The first-order chi connectivity index (χ1) is 11.1. The van der Waals surface area contributed by atoms with Gasteiger partial charge in [0.1, 0.15) is 0 Å². The Balaban J connectivity index is 0.00000288. The minimum atomic E-state index is -0.355. The van der Waals surface area contributed by atoms with E-state index in [1.807, 2.05) is 30.3 Å². The molecule has 0 aliphatic carbocycles. The summed E-state index contributed by atoms with van der Waals surface area (Å²) in [6, 6.07) is 9.19. The number of nitrogens with one attached hydrogen (secondary N) is 1. The Hall–Kier alpha value is -1.63. The monoisotopic (exact) mass is 355 g/mol. The third-order valence-corrected chi connectivity index (χ3v) is 4.14. The Morgan fingerprint density at radius 2 is 1.88 bits per heavy atom. The van der Waals surface area contributed by atoms with Crippen LogP contribution in [0, 0.1) is 5.92 Å². The number of hydrogen-bond donors (Lipinski definition) is 2. The van der Waals surface area contributed by atoms with Crippen LogP contribution >= 0.6 is 12.4 Å². The van der Waals surface area contributed by atoms with Gasteiger partial charge in [0.25, 0.3) is 0 Å². The van der Waals surface area contributed by atoms with Crippen LogP contribution in [0.5, 0.6) is 0 Å². The summed E-state index contributed by atoms with van der Waals surface area (Å²) >= 11 is 0. The van der Waals surface area contributed by atoms with E-state index in [-0.39, 0.29) is 36.2 Å². The van der Waals surface area contributed by atoms with E-state index < -0.39 is 0 Å². The molecule has 0 aromatic heterocycles. The Labute approximate surface area is 149 Å². The van der Waals surface area contributed by atoms with Crippen LogP contribution < -0.4 is 11.1 Å². The molecule has 0 bridgehead atoms. The van der Waals surface area contributed by atoms with Gasteiger partial charge in [0.15, 0.2) is 0 Å². The van der Waals surface area contributed by atoms with Crippen molar-refractivity contribution < 1.29 is 14.3 Å². The van der Waals surface area contributed by atoms with Gasteiger partial charge in [0.2, 0.25) is 11.8 Å². The summed E-state index contributed by atoms with van der Waals surface area (Å²) in [6.45, 7) is 4.56. The zero-order valence-corrected chi connectivity index (χ0v) is 14.8. The summed E-state index contributed by atoms with van der Waals surface area (Å²) in [6.07, 6.45) is 0.305. The molecular formula is C17H26ClN3O3. The molecule has 2 atom stereocenters. The fourth-order valence-electron chi connectivity index (χ4n) is 2.55. The number of morpholine rings is 1. The number of hydrogen-bond acceptors (Lipinski definition) is 4. The average Bonchev–Trinajstić information content (AvgIpc) is 2.61. The van der Waals surface area contributed by atoms with Crippen molar-refractivity contribution in [1.82, 2.24) is 10.2 Å². The van der Waals surface area contributed by atoms with Gasteiger partial charge in [-0.2, -0.15) is 0 Å². The van der Waals surface area contributed by atoms with Crippen molar-refractivity contribution in [2.24, 2.45) is 11.7 Å². The number of benzene rings is 1. The van der Waals surface area contributed by atoms with Crippen LogP contribution in [0.1, 0.15) is 24.9 Å². The maximum atomic E-state index is 12.2. The lowest BCUT2D eigenvalue weighted by Gasteiger charge is -2.27. The van der Waals surface area contributed by atoms with Gasteiger partial charge in [-0.3, -0.25) is 9.59 Å². The van der Waals surface area contributed by atoms with E-state index in [0.717, 1.165) is 5.56 Å². The predicted octanol–water partition coefficient (Wildman–Crippen LogP) is 1.11. The number of nitrogens with zero attached hydrogens (tertiary/aromatic N) is 1. The van der Waals surface area contributed by atoms with Crippen molar-refractivity contribution in [1.29, 1.82) is 0 Å². The lowest BCUT2D eigenvalue weighted by Crippen LogP contribution is -2.42. The van der Waals surface area contributed by atoms with Crippen molar-refractivity contribution in [3.05, 3.63) is 35.9 Å². The van der Waals surface area contributed by atoms with Gasteiger partial charge in [-0.25, -0.2) is 0 Å². The van der Waals surface area contributed by atoms with Crippen LogP contribution in [-0.2, 0) is 14.3 Å². The highest BCUT2D eigenvalue weighted by Crippen LogP contribution is 2.18. The van der Waals surface area contributed by atoms with Crippen molar-refractivity contribution in [2.45, 2.75) is 19.4 Å². The highest BCUT2D eigenvalue weighted by atomic mass is 35.5. The van der Waals surface area contributed by atoms with Crippen molar-refractivity contribution in [2.75, 3.05) is 32.8 Å². The standard InChI is InChI=1S/C17H25N3O3.ClH/c1-13(16(18)14-5-3-2-4-6-14)17(22)19-8-7-15(21)20-9-11-23-12-10-20;/h2-6,13,16H,7-12,18H2,1H3,(H,19,22);1H. The fourth-order valence-corrected chi connectivity index (χ4v) is 2.55. The first-order valence-electron chi connectivity index (χ1n) is 8.03. The molecule has 0 spiro atoms. The maximum Gasteiger partial charge on any atom is 0.224 e. The molecule has 2 unspecified atom stereocenters. The van der Waals surface area contributed by atoms with Gasteiger partial charge in [-0.1, -0.05) is 37.3 Å². The third-order valence-electron chi connectivity index (χ3n) is 4.14. The van der Waals surface area contributed by atoms with Crippen LogP contribution in [0.4, 0.5) is 0 Å². The van der Waals surface area contributed by atoms with Crippen molar-refractivity contribution in [3.63, 3.8) is 0 Å². The first-order valence-corrected chi connectivity index (χ1v) is 8.03. The molecule has 1 fully saturated rings. The predicted molar refractivity (Wildman–Crippen MR) is 94.8 cm³/mol. The van der Waals surface area contributed by atoms with Gasteiger partial charge < -0.3 is 20.7 Å². The van der Waals surface area contributed by atoms with E-state index in [0.29, 0.717) is 39.3 Å². The zero-order chi connectivity index (χ0) is 16.7. The zero-order valence-electron chi connectivity index (χ0n) is 13.9. The average molecular weight is 356 g/mol. The smallest absolute Gasteiger partial charge is 0.224 e. The molecule has 6 nitrogen and oxygen atoms in total. The minimum absolute atomic E-state index is 0. The Morgan fingerprint density at radius 1 is 1.25 bits per heavy atom. The lowest BCUT2D eigenvalue weighted by atomic mass is 9.95. The molecule has 2 rings (SSSR count). The van der Waals surface area contributed by atoms with E-state index in [2.05, 4.69) is 5.32 Å². The third kappa shape index (κ3) is 5.78. The summed E-state index contributed by atoms with van der Waals surface area (Å²) < 4.78 is 5.21. The maximum absolute atomic E-state index is 12.2. The molecule has 1 aromatic rings. The normalized spacial score (nSPS) is 16.7. The largest absolute Gasteiger partial charge is 0.378 e. The van der Waals surface area contributed by atoms with Crippen LogP contribution in [0.15, 0.2) is 30.3 Å². The van der Waals surface area contributed by atoms with E-state index in [1.165, 1.54) is 0 Å². The molecule has 2 amide bonds. The van der Waals surface area contributed by atoms with E-state index in [1.54, 1.807) is 11.8 Å². The molecule has 1 heterocycles. The van der Waals surface area contributed by atoms with Crippen LogP contribution in [-0.4, -0.2) is 49.6 Å². The van der Waals surface area contributed by atoms with Gasteiger partial charge in [-0.15, -0.1) is 12.4 Å². The van der Waals surface area contributed by atoms with Gasteiger partial charge in [-0.05, 0) is 5.56 Å². The lowest BCUT2D eigenvalue weighted by molar-refractivity contribution is -0.135. The van der Waals surface area contributed by atoms with Crippen molar-refractivity contribution >= 4 is 24.2 Å². The number of halogens is 1. The second-order valence-corrected chi connectivity index (χ2v) is 5.76. The topological polar surface area (TPSA) is 84.7 Å². The number of amides is 2. The summed E-state index contributed by atoms with van der Waals surface area (Å²) in [5, 5.41) is 2.81. The van der Waals surface area contributed by atoms with E-state index >= 15 is 0 Å². The van der Waals surface area contributed by atoms with Crippen LogP contribution in [0.2, 0.25) is 0 Å². The summed E-state index contributed by atoms with van der Waals surface area (Å²) in [4.78, 5) is 26.0. The highest BCUT2D eigenvalue weighted by Gasteiger charge is 2.22. The molecule has 3 N–H and O–H groups in total. The number of nitrogens with two attached hydrogens (primary N) is 1. The summed E-state index contributed by atoms with van der Waals surface area (Å²) in [7, 11) is 0. The van der Waals surface area contributed by atoms with Crippen LogP contribution in [0.25, 0.3) is 0 Å². The van der Waals surface area contributed by atoms with Gasteiger partial charge in [0, 0.05) is 32.1 Å². The summed E-state index contributed by atoms with van der Waals surface area (Å²) in [5.41, 5.74) is 7.07. The molecule has 134 valence electrons. The molecule has 7 heteroatoms. The number of carbonyl (C=O) groups is 2. The fraction of sp³-hybridized carbons (Fsp3) is 0.529.